The molecule has 0 saturated carbocycles. The zero-order valence-corrected chi connectivity index (χ0v) is 11.3. The molecule has 0 unspecified atom stereocenters. The Labute approximate surface area is 113 Å². The Hall–Kier alpha value is -1.59. The quantitative estimate of drug-likeness (QED) is 0.825. The number of likely N-dealkylation sites (N-methyl/N-ethyl adjacent to an activating group) is 1. The maximum atomic E-state index is 12.2. The molecule has 1 aliphatic heterocycles. The van der Waals surface area contributed by atoms with Gasteiger partial charge < -0.3 is 20.1 Å². The van der Waals surface area contributed by atoms with Gasteiger partial charge in [-0.3, -0.25) is 4.79 Å². The Bertz CT molecular complexity index is 450. The maximum absolute atomic E-state index is 12.2. The van der Waals surface area contributed by atoms with Crippen molar-refractivity contribution in [1.29, 1.82) is 0 Å². The van der Waals surface area contributed by atoms with E-state index in [2.05, 4.69) is 5.32 Å². The Kier molecular flexibility index (Phi) is 4.39. The molecule has 0 radical (unpaired) electrons. The maximum Gasteiger partial charge on any atom is 0.239 e. The number of carbonyl (C=O) groups excluding carboxylic acids is 1. The Morgan fingerprint density at radius 2 is 2.26 bits per heavy atom. The highest BCUT2D eigenvalue weighted by Crippen LogP contribution is 2.19. The van der Waals surface area contributed by atoms with Gasteiger partial charge in [-0.05, 0) is 12.5 Å². The molecule has 5 nitrogen and oxygen atoms in total. The van der Waals surface area contributed by atoms with E-state index in [9.17, 15) is 9.90 Å². The predicted molar refractivity (Wildman–Crippen MR) is 71.9 cm³/mol. The first-order valence-corrected chi connectivity index (χ1v) is 6.40. The van der Waals surface area contributed by atoms with Gasteiger partial charge in [0.25, 0.3) is 0 Å². The number of aliphatic hydroxyl groups excluding tert-OH is 1. The van der Waals surface area contributed by atoms with Crippen LogP contribution in [-0.2, 0) is 11.3 Å². The third-order valence-corrected chi connectivity index (χ3v) is 3.38. The highest BCUT2D eigenvalue weighted by Gasteiger charge is 2.30. The molecule has 1 heterocycles. The van der Waals surface area contributed by atoms with Crippen LogP contribution in [-0.4, -0.2) is 48.8 Å². The molecule has 0 bridgehead atoms. The summed E-state index contributed by atoms with van der Waals surface area (Å²) in [6.45, 7) is 0.982. The van der Waals surface area contributed by atoms with Crippen LogP contribution in [0.15, 0.2) is 24.3 Å². The fourth-order valence-corrected chi connectivity index (χ4v) is 2.34. The second-order valence-electron chi connectivity index (χ2n) is 4.86. The number of hydrogen-bond donors (Lipinski definition) is 2. The summed E-state index contributed by atoms with van der Waals surface area (Å²) < 4.78 is 5.27. The van der Waals surface area contributed by atoms with Crippen LogP contribution in [0.1, 0.15) is 12.0 Å². The molecule has 104 valence electrons. The summed E-state index contributed by atoms with van der Waals surface area (Å²) in [5.41, 5.74) is 0.972. The van der Waals surface area contributed by atoms with Gasteiger partial charge in [0.1, 0.15) is 5.75 Å². The van der Waals surface area contributed by atoms with Crippen molar-refractivity contribution in [3.05, 3.63) is 29.8 Å². The van der Waals surface area contributed by atoms with E-state index in [-0.39, 0.29) is 11.9 Å². The van der Waals surface area contributed by atoms with Crippen LogP contribution in [0, 0.1) is 0 Å². The van der Waals surface area contributed by atoms with E-state index >= 15 is 0 Å². The molecule has 1 aromatic carbocycles. The Balaban J connectivity index is 2.00. The van der Waals surface area contributed by atoms with Gasteiger partial charge in [0, 0.05) is 25.7 Å². The number of para-hydroxylation sites is 1. The van der Waals surface area contributed by atoms with Gasteiger partial charge in [-0.15, -0.1) is 0 Å². The van der Waals surface area contributed by atoms with Crippen molar-refractivity contribution in [1.82, 2.24) is 10.2 Å². The fourth-order valence-electron chi connectivity index (χ4n) is 2.34. The highest BCUT2D eigenvalue weighted by atomic mass is 16.5. The van der Waals surface area contributed by atoms with Crippen LogP contribution in [0.3, 0.4) is 0 Å². The summed E-state index contributed by atoms with van der Waals surface area (Å²) in [6, 6.07) is 7.37. The molecule has 2 atom stereocenters. The summed E-state index contributed by atoms with van der Waals surface area (Å²) in [4.78, 5) is 13.9. The van der Waals surface area contributed by atoms with Gasteiger partial charge in [-0.1, -0.05) is 18.2 Å². The Morgan fingerprint density at radius 1 is 1.53 bits per heavy atom. The third-order valence-electron chi connectivity index (χ3n) is 3.38. The summed E-state index contributed by atoms with van der Waals surface area (Å²) in [5, 5.41) is 12.5. The topological polar surface area (TPSA) is 61.8 Å². The molecule has 1 aliphatic rings. The summed E-state index contributed by atoms with van der Waals surface area (Å²) in [6.07, 6.45) is 0.0587. The van der Waals surface area contributed by atoms with Crippen LogP contribution in [0.25, 0.3) is 0 Å². The van der Waals surface area contributed by atoms with Gasteiger partial charge in [-0.25, -0.2) is 0 Å². The van der Waals surface area contributed by atoms with E-state index in [0.29, 0.717) is 19.5 Å². The number of nitrogens with one attached hydrogen (secondary N) is 1. The largest absolute Gasteiger partial charge is 0.496 e. The summed E-state index contributed by atoms with van der Waals surface area (Å²) >= 11 is 0. The van der Waals surface area contributed by atoms with Crippen molar-refractivity contribution in [2.75, 3.05) is 20.7 Å². The molecule has 5 heteroatoms. The van der Waals surface area contributed by atoms with Crippen molar-refractivity contribution < 1.29 is 14.6 Å². The first-order chi connectivity index (χ1) is 9.11. The lowest BCUT2D eigenvalue weighted by Crippen LogP contribution is -2.41. The van der Waals surface area contributed by atoms with E-state index in [4.69, 9.17) is 4.74 Å². The lowest BCUT2D eigenvalue weighted by molar-refractivity contribution is -0.132. The number of ether oxygens (including phenoxy) is 1. The van der Waals surface area contributed by atoms with E-state index < -0.39 is 6.10 Å². The van der Waals surface area contributed by atoms with Gasteiger partial charge in [0.15, 0.2) is 0 Å². The molecule has 2 N–H and O–H groups in total. The number of rotatable bonds is 4. The number of hydrogen-bond acceptors (Lipinski definition) is 4. The SMILES string of the molecule is COc1ccccc1CN(C)C(=O)[C@H]1C[C@@H](O)CN1. The van der Waals surface area contributed by atoms with E-state index in [1.54, 1.807) is 19.1 Å². The zero-order valence-electron chi connectivity index (χ0n) is 11.3. The average molecular weight is 264 g/mol. The molecule has 0 spiro atoms. The second kappa shape index (κ2) is 6.04. The van der Waals surface area contributed by atoms with Crippen molar-refractivity contribution in [3.63, 3.8) is 0 Å². The summed E-state index contributed by atoms with van der Waals surface area (Å²) in [7, 11) is 3.39. The van der Waals surface area contributed by atoms with Crippen molar-refractivity contribution in [3.8, 4) is 5.75 Å². The average Bonchev–Trinajstić information content (AvgIpc) is 2.85. The fraction of sp³-hybridized carbons (Fsp3) is 0.500. The van der Waals surface area contributed by atoms with E-state index in [1.807, 2.05) is 24.3 Å². The second-order valence-corrected chi connectivity index (χ2v) is 4.86. The molecule has 1 amide bonds. The number of aliphatic hydroxyl groups is 1. The smallest absolute Gasteiger partial charge is 0.239 e. The molecule has 0 aromatic heterocycles. The first-order valence-electron chi connectivity index (χ1n) is 6.40. The van der Waals surface area contributed by atoms with Gasteiger partial charge in [-0.2, -0.15) is 0 Å². The van der Waals surface area contributed by atoms with Crippen LogP contribution < -0.4 is 10.1 Å². The van der Waals surface area contributed by atoms with Gasteiger partial charge >= 0.3 is 0 Å². The minimum Gasteiger partial charge on any atom is -0.496 e. The number of amides is 1. The zero-order chi connectivity index (χ0) is 13.8. The lowest BCUT2D eigenvalue weighted by Gasteiger charge is -2.22. The minimum atomic E-state index is -0.423. The number of carbonyl (C=O) groups is 1. The normalized spacial score (nSPS) is 22.3. The number of nitrogens with zero attached hydrogens (tertiary/aromatic N) is 1. The van der Waals surface area contributed by atoms with Crippen LogP contribution >= 0.6 is 0 Å². The van der Waals surface area contributed by atoms with Gasteiger partial charge in [0.2, 0.25) is 5.91 Å². The number of benzene rings is 1. The van der Waals surface area contributed by atoms with Crippen molar-refractivity contribution >= 4 is 5.91 Å². The molecule has 0 aliphatic carbocycles. The molecule has 1 aromatic rings. The first kappa shape index (κ1) is 13.8. The van der Waals surface area contributed by atoms with Crippen LogP contribution in [0.5, 0.6) is 5.75 Å². The van der Waals surface area contributed by atoms with Crippen molar-refractivity contribution in [2.24, 2.45) is 0 Å². The monoisotopic (exact) mass is 264 g/mol. The minimum absolute atomic E-state index is 0.00227. The standard InChI is InChI=1S/C14H20N2O3/c1-16(14(18)12-7-11(17)8-15-12)9-10-5-3-4-6-13(10)19-2/h3-6,11-12,15,17H,7-9H2,1-2H3/t11-,12-/m1/s1. The molecular weight excluding hydrogens is 244 g/mol. The number of β-amino-alcohol motifs (C(OH)–C–C–N with tert-alkyl or cyclic N) is 1. The predicted octanol–water partition coefficient (Wildman–Crippen LogP) is 0.376. The van der Waals surface area contributed by atoms with E-state index in [0.717, 1.165) is 11.3 Å². The molecule has 1 fully saturated rings. The third kappa shape index (κ3) is 3.24. The molecular formula is C14H20N2O3. The van der Waals surface area contributed by atoms with Crippen LogP contribution in [0.2, 0.25) is 0 Å². The van der Waals surface area contributed by atoms with Crippen molar-refractivity contribution in [2.45, 2.75) is 25.1 Å². The summed E-state index contributed by atoms with van der Waals surface area (Å²) in [5.74, 6) is 0.782. The van der Waals surface area contributed by atoms with E-state index in [1.165, 1.54) is 0 Å². The molecule has 1 saturated heterocycles. The molecule has 2 rings (SSSR count). The number of methoxy groups -OCH3 is 1. The molecule has 19 heavy (non-hydrogen) atoms. The van der Waals surface area contributed by atoms with Crippen LogP contribution in [0.4, 0.5) is 0 Å². The Morgan fingerprint density at radius 3 is 2.89 bits per heavy atom. The lowest BCUT2D eigenvalue weighted by atomic mass is 10.1. The van der Waals surface area contributed by atoms with Gasteiger partial charge in [0.05, 0.1) is 19.3 Å². The highest BCUT2D eigenvalue weighted by molar-refractivity contribution is 5.82.